The predicted molar refractivity (Wildman–Crippen MR) is 117 cm³/mol. The highest BCUT2D eigenvalue weighted by Crippen LogP contribution is 2.32. The molecule has 2 aliphatic rings. The number of carbonyl (C=O) groups excluding carboxylic acids is 2. The molecule has 0 aromatic heterocycles. The first kappa shape index (κ1) is 23.0. The molecular formula is C22H29ClN4O4. The Morgan fingerprint density at radius 2 is 2.03 bits per heavy atom. The van der Waals surface area contributed by atoms with Crippen molar-refractivity contribution in [2.24, 2.45) is 0 Å². The van der Waals surface area contributed by atoms with E-state index in [-0.39, 0.29) is 18.6 Å². The Morgan fingerprint density at radius 3 is 2.68 bits per heavy atom. The zero-order valence-electron chi connectivity index (χ0n) is 18.1. The van der Waals surface area contributed by atoms with Gasteiger partial charge in [0.1, 0.15) is 30.0 Å². The van der Waals surface area contributed by atoms with Crippen LogP contribution in [0.1, 0.15) is 46.5 Å². The highest BCUT2D eigenvalue weighted by Gasteiger charge is 2.46. The Kier molecular flexibility index (Phi) is 6.85. The van der Waals surface area contributed by atoms with Gasteiger partial charge in [-0.15, -0.1) is 0 Å². The number of hydrogen-bond donors (Lipinski definition) is 1. The van der Waals surface area contributed by atoms with Gasteiger partial charge in [-0.1, -0.05) is 11.6 Å². The van der Waals surface area contributed by atoms with Gasteiger partial charge in [-0.25, -0.2) is 4.79 Å². The van der Waals surface area contributed by atoms with Gasteiger partial charge in [0.05, 0.1) is 17.1 Å². The van der Waals surface area contributed by atoms with Crippen molar-refractivity contribution in [3.05, 3.63) is 23.2 Å². The number of benzene rings is 1. The fourth-order valence-electron chi connectivity index (χ4n) is 4.06. The maximum Gasteiger partial charge on any atom is 0.411 e. The number of rotatable bonds is 4. The number of nitriles is 1. The number of nitrogens with two attached hydrogens (primary N) is 1. The Morgan fingerprint density at radius 1 is 1.29 bits per heavy atom. The maximum atomic E-state index is 13.3. The molecule has 2 amide bonds. The normalized spacial score (nSPS) is 23.5. The van der Waals surface area contributed by atoms with Crippen molar-refractivity contribution in [3.63, 3.8) is 0 Å². The zero-order valence-corrected chi connectivity index (χ0v) is 18.9. The topological polar surface area (TPSA) is 109 Å². The van der Waals surface area contributed by atoms with Crippen LogP contribution in [0.15, 0.2) is 18.2 Å². The molecule has 0 aliphatic carbocycles. The van der Waals surface area contributed by atoms with E-state index in [0.717, 1.165) is 6.42 Å². The minimum absolute atomic E-state index is 0.161. The van der Waals surface area contributed by atoms with Crippen LogP contribution in [0, 0.1) is 11.3 Å². The molecule has 2 aliphatic heterocycles. The van der Waals surface area contributed by atoms with E-state index >= 15 is 0 Å². The molecule has 3 rings (SSSR count). The largest absolute Gasteiger partial charge is 0.490 e. The summed E-state index contributed by atoms with van der Waals surface area (Å²) in [5.41, 5.74) is 5.54. The molecule has 8 nitrogen and oxygen atoms in total. The molecule has 2 N–H and O–H groups in total. The van der Waals surface area contributed by atoms with Gasteiger partial charge in [0, 0.05) is 12.2 Å². The summed E-state index contributed by atoms with van der Waals surface area (Å²) < 4.78 is 11.5. The lowest BCUT2D eigenvalue weighted by Crippen LogP contribution is -2.53. The van der Waals surface area contributed by atoms with E-state index < -0.39 is 23.8 Å². The van der Waals surface area contributed by atoms with Crippen molar-refractivity contribution in [2.45, 2.75) is 70.2 Å². The fraction of sp³-hybridized carbons (Fsp3) is 0.591. The second-order valence-electron chi connectivity index (χ2n) is 8.95. The third kappa shape index (κ3) is 5.34. The van der Waals surface area contributed by atoms with Gasteiger partial charge in [-0.05, 0) is 64.7 Å². The summed E-state index contributed by atoms with van der Waals surface area (Å²) in [6, 6.07) is 5.66. The van der Waals surface area contributed by atoms with Gasteiger partial charge in [0.2, 0.25) is 5.91 Å². The summed E-state index contributed by atoms with van der Waals surface area (Å²) in [6.07, 6.45) is 1.94. The first-order valence-electron chi connectivity index (χ1n) is 10.5. The van der Waals surface area contributed by atoms with Crippen molar-refractivity contribution in [2.75, 3.05) is 18.9 Å². The first-order valence-corrected chi connectivity index (χ1v) is 10.9. The van der Waals surface area contributed by atoms with Crippen LogP contribution in [0.5, 0.6) is 5.75 Å². The van der Waals surface area contributed by atoms with Crippen molar-refractivity contribution in [3.8, 4) is 11.8 Å². The third-order valence-electron chi connectivity index (χ3n) is 5.46. The lowest BCUT2D eigenvalue weighted by molar-refractivity contribution is -0.136. The molecule has 168 valence electrons. The molecule has 0 saturated carbocycles. The molecule has 1 aromatic carbocycles. The lowest BCUT2D eigenvalue weighted by atomic mass is 10.1. The van der Waals surface area contributed by atoms with Crippen LogP contribution in [-0.2, 0) is 9.53 Å². The van der Waals surface area contributed by atoms with E-state index in [0.29, 0.717) is 42.3 Å². The molecule has 0 unspecified atom stereocenters. The number of nitrogen functional groups attached to an aromatic ring is 1. The SMILES string of the molecule is CC(C)(C)OC(=O)N1[C@H](COc2ccc(N)cc2Cl)CC[C@@H]1C(=O)N1CCC[C@H]1C#N. The van der Waals surface area contributed by atoms with Gasteiger partial charge >= 0.3 is 6.09 Å². The van der Waals surface area contributed by atoms with Crippen LogP contribution < -0.4 is 10.5 Å². The molecule has 2 heterocycles. The Bertz CT molecular complexity index is 879. The van der Waals surface area contributed by atoms with Crippen LogP contribution in [0.3, 0.4) is 0 Å². The highest BCUT2D eigenvalue weighted by molar-refractivity contribution is 6.32. The quantitative estimate of drug-likeness (QED) is 0.705. The first-order chi connectivity index (χ1) is 14.6. The molecule has 31 heavy (non-hydrogen) atoms. The monoisotopic (exact) mass is 448 g/mol. The number of likely N-dealkylation sites (tertiary alicyclic amines) is 2. The van der Waals surface area contributed by atoms with Crippen LogP contribution >= 0.6 is 11.6 Å². The van der Waals surface area contributed by atoms with E-state index in [4.69, 9.17) is 26.8 Å². The molecule has 3 atom stereocenters. The number of halogens is 1. The van der Waals surface area contributed by atoms with E-state index in [1.54, 1.807) is 43.9 Å². The van der Waals surface area contributed by atoms with E-state index in [9.17, 15) is 14.9 Å². The fourth-order valence-corrected chi connectivity index (χ4v) is 4.30. The average Bonchev–Trinajstić information content (AvgIpc) is 3.32. The van der Waals surface area contributed by atoms with Crippen LogP contribution in [-0.4, -0.2) is 58.7 Å². The van der Waals surface area contributed by atoms with Gasteiger partial charge in [0.25, 0.3) is 0 Å². The minimum Gasteiger partial charge on any atom is -0.490 e. The average molecular weight is 449 g/mol. The summed E-state index contributed by atoms with van der Waals surface area (Å²) >= 11 is 6.20. The van der Waals surface area contributed by atoms with E-state index in [1.807, 2.05) is 0 Å². The number of ether oxygens (including phenoxy) is 2. The highest BCUT2D eigenvalue weighted by atomic mass is 35.5. The molecule has 2 saturated heterocycles. The van der Waals surface area contributed by atoms with Gasteiger partial charge in [-0.2, -0.15) is 5.26 Å². The number of anilines is 1. The summed E-state index contributed by atoms with van der Waals surface area (Å²) in [5.74, 6) is 0.252. The number of carbonyl (C=O) groups is 2. The summed E-state index contributed by atoms with van der Waals surface area (Å²) in [7, 11) is 0. The van der Waals surface area contributed by atoms with Crippen LogP contribution in [0.4, 0.5) is 10.5 Å². The second kappa shape index (κ2) is 9.23. The summed E-state index contributed by atoms with van der Waals surface area (Å²) in [6.45, 7) is 6.03. The molecule has 1 aromatic rings. The Hall–Kier alpha value is -2.66. The molecule has 2 fully saturated rings. The predicted octanol–water partition coefficient (Wildman–Crippen LogP) is 3.58. The molecular weight excluding hydrogens is 420 g/mol. The summed E-state index contributed by atoms with van der Waals surface area (Å²) in [5, 5.41) is 9.75. The molecule has 0 radical (unpaired) electrons. The minimum atomic E-state index is -0.707. The third-order valence-corrected chi connectivity index (χ3v) is 5.76. The lowest BCUT2D eigenvalue weighted by Gasteiger charge is -2.34. The Labute approximate surface area is 187 Å². The van der Waals surface area contributed by atoms with Crippen molar-refractivity contribution >= 4 is 29.3 Å². The number of hydrogen-bond acceptors (Lipinski definition) is 6. The van der Waals surface area contributed by atoms with E-state index in [2.05, 4.69) is 6.07 Å². The van der Waals surface area contributed by atoms with Crippen LogP contribution in [0.2, 0.25) is 5.02 Å². The standard InChI is InChI=1S/C22H29ClN4O4/c1-22(2,3)31-21(29)27-16(13-30-19-9-6-14(25)11-17(19)23)7-8-18(27)20(28)26-10-4-5-15(26)12-24/h6,9,11,15-16,18H,4-5,7-8,10,13,25H2,1-3H3/t15-,16-,18+/m0/s1. The maximum absolute atomic E-state index is 13.3. The zero-order chi connectivity index (χ0) is 22.8. The molecule has 9 heteroatoms. The second-order valence-corrected chi connectivity index (χ2v) is 9.36. The van der Waals surface area contributed by atoms with Gasteiger partial charge in [0.15, 0.2) is 0 Å². The summed E-state index contributed by atoms with van der Waals surface area (Å²) in [4.78, 5) is 29.4. The van der Waals surface area contributed by atoms with Gasteiger partial charge in [-0.3, -0.25) is 9.69 Å². The number of nitrogens with zero attached hydrogens (tertiary/aromatic N) is 3. The van der Waals surface area contributed by atoms with Crippen molar-refractivity contribution < 1.29 is 19.1 Å². The van der Waals surface area contributed by atoms with Crippen molar-refractivity contribution in [1.29, 1.82) is 5.26 Å². The Balaban J connectivity index is 1.79. The van der Waals surface area contributed by atoms with E-state index in [1.165, 1.54) is 4.90 Å². The molecule has 0 spiro atoms. The van der Waals surface area contributed by atoms with Crippen molar-refractivity contribution in [1.82, 2.24) is 9.80 Å². The number of amides is 2. The van der Waals surface area contributed by atoms with Crippen LogP contribution in [0.25, 0.3) is 0 Å². The van der Waals surface area contributed by atoms with Gasteiger partial charge < -0.3 is 20.1 Å². The smallest absolute Gasteiger partial charge is 0.411 e. The molecule has 0 bridgehead atoms.